The van der Waals surface area contributed by atoms with Crippen LogP contribution in [0.2, 0.25) is 5.02 Å². The van der Waals surface area contributed by atoms with Gasteiger partial charge in [0.15, 0.2) is 0 Å². The highest BCUT2D eigenvalue weighted by Crippen LogP contribution is 2.30. The van der Waals surface area contributed by atoms with E-state index in [1.165, 1.54) is 29.6 Å². The molecule has 0 aliphatic carbocycles. The topological polar surface area (TPSA) is 83.1 Å². The highest BCUT2D eigenvalue weighted by Gasteiger charge is 2.16. The SMILES string of the molecule is CN(/N=C\C=N/Nc1ccccc1)c1ccc(Cl)cc1[N+](=O)[O-]. The van der Waals surface area contributed by atoms with Crippen molar-refractivity contribution in [3.63, 3.8) is 0 Å². The highest BCUT2D eigenvalue weighted by atomic mass is 35.5. The summed E-state index contributed by atoms with van der Waals surface area (Å²) in [5, 5.41) is 20.8. The fourth-order valence-electron chi connectivity index (χ4n) is 1.77. The fourth-order valence-corrected chi connectivity index (χ4v) is 1.93. The van der Waals surface area contributed by atoms with E-state index in [9.17, 15) is 10.1 Å². The molecule has 8 heteroatoms. The number of para-hydroxylation sites is 1. The summed E-state index contributed by atoms with van der Waals surface area (Å²) in [5.74, 6) is 0. The van der Waals surface area contributed by atoms with Gasteiger partial charge in [0.1, 0.15) is 5.69 Å². The maximum atomic E-state index is 11.0. The van der Waals surface area contributed by atoms with E-state index in [1.807, 2.05) is 30.3 Å². The van der Waals surface area contributed by atoms with Crippen LogP contribution in [0.25, 0.3) is 0 Å². The largest absolute Gasteiger partial charge is 0.295 e. The van der Waals surface area contributed by atoms with Crippen molar-refractivity contribution in [3.8, 4) is 0 Å². The highest BCUT2D eigenvalue weighted by molar-refractivity contribution is 6.30. The Morgan fingerprint density at radius 3 is 2.65 bits per heavy atom. The van der Waals surface area contributed by atoms with Crippen molar-refractivity contribution in [3.05, 3.63) is 63.7 Å². The Morgan fingerprint density at radius 1 is 1.22 bits per heavy atom. The van der Waals surface area contributed by atoms with Gasteiger partial charge in [0.05, 0.1) is 23.0 Å². The summed E-state index contributed by atoms with van der Waals surface area (Å²) in [5.41, 5.74) is 3.89. The van der Waals surface area contributed by atoms with Crippen molar-refractivity contribution in [2.75, 3.05) is 17.5 Å². The van der Waals surface area contributed by atoms with Crippen LogP contribution in [0, 0.1) is 10.1 Å². The van der Waals surface area contributed by atoms with Crippen LogP contribution in [-0.2, 0) is 0 Å². The Balaban J connectivity index is 2.01. The van der Waals surface area contributed by atoms with E-state index >= 15 is 0 Å². The van der Waals surface area contributed by atoms with Gasteiger partial charge >= 0.3 is 0 Å². The van der Waals surface area contributed by atoms with Gasteiger partial charge in [-0.1, -0.05) is 29.8 Å². The first-order valence-electron chi connectivity index (χ1n) is 6.62. The van der Waals surface area contributed by atoms with Crippen LogP contribution < -0.4 is 10.4 Å². The Labute approximate surface area is 138 Å². The molecule has 0 fully saturated rings. The average Bonchev–Trinajstić information content (AvgIpc) is 2.55. The molecule has 2 aromatic carbocycles. The van der Waals surface area contributed by atoms with Gasteiger partial charge in [-0.25, -0.2) is 0 Å². The maximum Gasteiger partial charge on any atom is 0.295 e. The van der Waals surface area contributed by atoms with Crippen LogP contribution in [0.1, 0.15) is 0 Å². The van der Waals surface area contributed by atoms with Crippen molar-refractivity contribution < 1.29 is 4.92 Å². The van der Waals surface area contributed by atoms with Gasteiger partial charge in [0, 0.05) is 18.1 Å². The molecule has 0 aliphatic heterocycles. The van der Waals surface area contributed by atoms with Crippen LogP contribution in [0.5, 0.6) is 0 Å². The molecule has 0 aromatic heterocycles. The van der Waals surface area contributed by atoms with Gasteiger partial charge in [0.2, 0.25) is 0 Å². The van der Waals surface area contributed by atoms with E-state index in [0.717, 1.165) is 5.69 Å². The summed E-state index contributed by atoms with van der Waals surface area (Å²) in [4.78, 5) is 10.5. The number of nitro groups is 1. The number of nitro benzene ring substituents is 1. The second-order valence-electron chi connectivity index (χ2n) is 4.43. The van der Waals surface area contributed by atoms with Gasteiger partial charge in [0.25, 0.3) is 5.69 Å². The predicted molar refractivity (Wildman–Crippen MR) is 93.6 cm³/mol. The number of hydrogen-bond acceptors (Lipinski definition) is 6. The number of anilines is 2. The molecule has 0 bridgehead atoms. The Hall–Kier alpha value is -2.93. The van der Waals surface area contributed by atoms with Crippen LogP contribution >= 0.6 is 11.6 Å². The van der Waals surface area contributed by atoms with Gasteiger partial charge in [-0.2, -0.15) is 10.2 Å². The summed E-state index contributed by atoms with van der Waals surface area (Å²) in [6, 6.07) is 13.8. The molecule has 0 aliphatic rings. The molecule has 0 amide bonds. The zero-order chi connectivity index (χ0) is 16.7. The molecule has 2 aromatic rings. The van der Waals surface area contributed by atoms with E-state index in [2.05, 4.69) is 15.6 Å². The van der Waals surface area contributed by atoms with E-state index < -0.39 is 4.92 Å². The van der Waals surface area contributed by atoms with Crippen LogP contribution in [-0.4, -0.2) is 24.4 Å². The van der Waals surface area contributed by atoms with Gasteiger partial charge in [-0.3, -0.25) is 20.5 Å². The van der Waals surface area contributed by atoms with Crippen LogP contribution in [0.4, 0.5) is 17.1 Å². The first-order valence-corrected chi connectivity index (χ1v) is 7.00. The van der Waals surface area contributed by atoms with Gasteiger partial charge in [-0.05, 0) is 24.3 Å². The molecule has 23 heavy (non-hydrogen) atoms. The molecule has 0 radical (unpaired) electrons. The van der Waals surface area contributed by atoms with Crippen molar-refractivity contribution in [2.24, 2.45) is 10.2 Å². The Morgan fingerprint density at radius 2 is 1.96 bits per heavy atom. The maximum absolute atomic E-state index is 11.0. The lowest BCUT2D eigenvalue weighted by molar-refractivity contribution is -0.384. The minimum atomic E-state index is -0.502. The van der Waals surface area contributed by atoms with Gasteiger partial charge < -0.3 is 0 Å². The lowest BCUT2D eigenvalue weighted by Crippen LogP contribution is -2.11. The fraction of sp³-hybridized carbons (Fsp3) is 0.0667. The van der Waals surface area contributed by atoms with Gasteiger partial charge in [-0.15, -0.1) is 0 Å². The van der Waals surface area contributed by atoms with Crippen molar-refractivity contribution in [1.29, 1.82) is 0 Å². The minimum Gasteiger partial charge on any atom is -0.278 e. The normalized spacial score (nSPS) is 11.0. The molecular weight excluding hydrogens is 318 g/mol. The predicted octanol–water partition coefficient (Wildman–Crippen LogP) is 3.77. The summed E-state index contributed by atoms with van der Waals surface area (Å²) < 4.78 is 0. The quantitative estimate of drug-likeness (QED) is 0.496. The third-order valence-corrected chi connectivity index (χ3v) is 3.07. The van der Waals surface area contributed by atoms with Crippen molar-refractivity contribution in [2.45, 2.75) is 0 Å². The molecule has 0 saturated heterocycles. The lowest BCUT2D eigenvalue weighted by atomic mass is 10.2. The molecule has 2 rings (SSSR count). The molecule has 1 N–H and O–H groups in total. The number of benzene rings is 2. The monoisotopic (exact) mass is 331 g/mol. The molecule has 0 unspecified atom stereocenters. The lowest BCUT2D eigenvalue weighted by Gasteiger charge is -2.12. The van der Waals surface area contributed by atoms with Crippen molar-refractivity contribution in [1.82, 2.24) is 0 Å². The Bertz CT molecular complexity index is 734. The first-order chi connectivity index (χ1) is 11.1. The van der Waals surface area contributed by atoms with Crippen molar-refractivity contribution >= 4 is 41.1 Å². The number of rotatable bonds is 6. The summed E-state index contributed by atoms with van der Waals surface area (Å²) in [7, 11) is 1.60. The molecule has 0 saturated carbocycles. The third kappa shape index (κ3) is 4.79. The standard InChI is InChI=1S/C15H14ClN5O2/c1-20(14-8-7-12(16)11-15(14)21(22)23)18-10-9-17-19-13-5-3-2-4-6-13/h2-11,19H,1H3/b17-9-,18-10-. The second kappa shape index (κ2) is 7.90. The summed E-state index contributed by atoms with van der Waals surface area (Å²) >= 11 is 5.78. The molecule has 0 spiro atoms. The number of halogens is 1. The number of hydrogen-bond donors (Lipinski definition) is 1. The molecular formula is C15H14ClN5O2. The van der Waals surface area contributed by atoms with E-state index in [-0.39, 0.29) is 5.69 Å². The molecule has 0 heterocycles. The molecule has 118 valence electrons. The average molecular weight is 332 g/mol. The van der Waals surface area contributed by atoms with E-state index in [0.29, 0.717) is 10.7 Å². The zero-order valence-electron chi connectivity index (χ0n) is 12.3. The smallest absolute Gasteiger partial charge is 0.278 e. The second-order valence-corrected chi connectivity index (χ2v) is 4.87. The molecule has 0 atom stereocenters. The number of hydrazone groups is 2. The Kier molecular flexibility index (Phi) is 5.65. The van der Waals surface area contributed by atoms with E-state index in [1.54, 1.807) is 13.1 Å². The zero-order valence-corrected chi connectivity index (χ0v) is 13.0. The summed E-state index contributed by atoms with van der Waals surface area (Å²) in [6.07, 6.45) is 2.87. The number of nitrogens with one attached hydrogen (secondary N) is 1. The van der Waals surface area contributed by atoms with Crippen LogP contribution in [0.15, 0.2) is 58.7 Å². The molecule has 7 nitrogen and oxygen atoms in total. The van der Waals surface area contributed by atoms with Crippen LogP contribution in [0.3, 0.4) is 0 Å². The first kappa shape index (κ1) is 16.4. The minimum absolute atomic E-state index is 0.114. The van der Waals surface area contributed by atoms with E-state index in [4.69, 9.17) is 11.6 Å². The number of nitrogens with zero attached hydrogens (tertiary/aromatic N) is 4. The summed E-state index contributed by atoms with van der Waals surface area (Å²) in [6.45, 7) is 0. The third-order valence-electron chi connectivity index (χ3n) is 2.83.